The van der Waals surface area contributed by atoms with Crippen LogP contribution in [0, 0.1) is 11.3 Å². The number of carbonyl (C=O) groups excluding carboxylic acids is 1. The van der Waals surface area contributed by atoms with Crippen molar-refractivity contribution in [2.75, 3.05) is 11.1 Å². The number of amides is 1. The number of thioether (sulfide) groups is 1. The molecule has 0 unspecified atom stereocenters. The summed E-state index contributed by atoms with van der Waals surface area (Å²) in [6, 6.07) is 13.0. The summed E-state index contributed by atoms with van der Waals surface area (Å²) < 4.78 is 10.8. The Morgan fingerprint density at radius 2 is 2.15 bits per heavy atom. The van der Waals surface area contributed by atoms with Crippen molar-refractivity contribution in [3.63, 3.8) is 0 Å². The van der Waals surface area contributed by atoms with Crippen molar-refractivity contribution in [1.82, 2.24) is 9.36 Å². The van der Waals surface area contributed by atoms with E-state index in [0.29, 0.717) is 21.8 Å². The van der Waals surface area contributed by atoms with Gasteiger partial charge in [-0.3, -0.25) is 10.1 Å². The molecule has 1 aromatic carbocycles. The number of halogens is 1. The second kappa shape index (κ2) is 8.99. The summed E-state index contributed by atoms with van der Waals surface area (Å²) in [5.41, 5.74) is 0.822. The van der Waals surface area contributed by atoms with Crippen LogP contribution in [0.1, 0.15) is 12.7 Å². The lowest BCUT2D eigenvalue weighted by molar-refractivity contribution is -0.112. The van der Waals surface area contributed by atoms with Crippen LogP contribution < -0.4 is 5.32 Å². The van der Waals surface area contributed by atoms with Crippen molar-refractivity contribution in [3.8, 4) is 17.4 Å². The van der Waals surface area contributed by atoms with Crippen LogP contribution in [0.4, 0.5) is 5.13 Å². The van der Waals surface area contributed by atoms with Crippen molar-refractivity contribution < 1.29 is 9.21 Å². The fourth-order valence-corrected chi connectivity index (χ4v) is 3.63. The number of nitriles is 1. The van der Waals surface area contributed by atoms with E-state index in [2.05, 4.69) is 30.6 Å². The predicted octanol–water partition coefficient (Wildman–Crippen LogP) is 5.22. The maximum atomic E-state index is 12.3. The third-order valence-corrected chi connectivity index (χ3v) is 5.31. The van der Waals surface area contributed by atoms with Crippen LogP contribution >= 0.6 is 39.2 Å². The fraction of sp³-hybridized carbons (Fsp3) is 0.111. The van der Waals surface area contributed by atoms with Gasteiger partial charge in [-0.15, -0.1) is 0 Å². The molecule has 27 heavy (non-hydrogen) atoms. The van der Waals surface area contributed by atoms with Gasteiger partial charge in [0.2, 0.25) is 10.3 Å². The molecule has 0 spiro atoms. The summed E-state index contributed by atoms with van der Waals surface area (Å²) in [6.07, 6.45) is 1.40. The minimum Gasteiger partial charge on any atom is -0.457 e. The minimum absolute atomic E-state index is 0.0772. The molecule has 3 aromatic rings. The monoisotopic (exact) mass is 460 g/mol. The number of carbonyl (C=O) groups is 1. The molecule has 9 heteroatoms. The number of aromatic nitrogens is 2. The molecule has 136 valence electrons. The summed E-state index contributed by atoms with van der Waals surface area (Å²) in [4.78, 5) is 16.5. The van der Waals surface area contributed by atoms with Crippen LogP contribution in [0.2, 0.25) is 0 Å². The number of anilines is 1. The molecule has 0 aliphatic rings. The van der Waals surface area contributed by atoms with Gasteiger partial charge in [-0.2, -0.15) is 14.6 Å². The molecule has 0 bridgehead atoms. The lowest BCUT2D eigenvalue weighted by Gasteiger charge is -1.99. The first-order valence-electron chi connectivity index (χ1n) is 7.84. The van der Waals surface area contributed by atoms with Crippen LogP contribution in [0.3, 0.4) is 0 Å². The number of nitrogens with zero attached hydrogens (tertiary/aromatic N) is 3. The van der Waals surface area contributed by atoms with Gasteiger partial charge < -0.3 is 4.42 Å². The van der Waals surface area contributed by atoms with Gasteiger partial charge in [0.1, 0.15) is 23.2 Å². The van der Waals surface area contributed by atoms with E-state index in [9.17, 15) is 10.1 Å². The van der Waals surface area contributed by atoms with Crippen LogP contribution in [0.5, 0.6) is 0 Å². The molecule has 0 atom stereocenters. The van der Waals surface area contributed by atoms with Crippen molar-refractivity contribution >= 4 is 56.3 Å². The third-order valence-electron chi connectivity index (χ3n) is 3.31. The molecule has 6 nitrogen and oxygen atoms in total. The Balaban J connectivity index is 1.74. The van der Waals surface area contributed by atoms with E-state index in [1.165, 1.54) is 17.8 Å². The van der Waals surface area contributed by atoms with Crippen LogP contribution in [0.15, 0.2) is 56.0 Å². The van der Waals surface area contributed by atoms with E-state index in [0.717, 1.165) is 27.3 Å². The molecular formula is C18H13BrN4O2S2. The smallest absolute Gasteiger partial charge is 0.268 e. The Labute approximate surface area is 172 Å². The van der Waals surface area contributed by atoms with Crippen molar-refractivity contribution in [3.05, 3.63) is 52.2 Å². The Morgan fingerprint density at radius 1 is 1.37 bits per heavy atom. The van der Waals surface area contributed by atoms with E-state index in [-0.39, 0.29) is 5.57 Å². The largest absolute Gasteiger partial charge is 0.457 e. The van der Waals surface area contributed by atoms with E-state index in [1.54, 1.807) is 12.1 Å². The molecule has 0 fully saturated rings. The molecule has 2 aromatic heterocycles. The number of hydrogen-bond donors (Lipinski definition) is 1. The topological polar surface area (TPSA) is 91.8 Å². The van der Waals surface area contributed by atoms with Gasteiger partial charge in [0.15, 0.2) is 0 Å². The summed E-state index contributed by atoms with van der Waals surface area (Å²) in [5, 5.41) is 12.9. The van der Waals surface area contributed by atoms with Crippen molar-refractivity contribution in [2.45, 2.75) is 12.1 Å². The first kappa shape index (κ1) is 19.4. The highest BCUT2D eigenvalue weighted by atomic mass is 79.9. The molecule has 3 rings (SSSR count). The molecule has 0 radical (unpaired) electrons. The summed E-state index contributed by atoms with van der Waals surface area (Å²) in [6.45, 7) is 1.99. The van der Waals surface area contributed by atoms with E-state index >= 15 is 0 Å². The Bertz CT molecular complexity index is 1020. The number of furan rings is 1. The zero-order valence-electron chi connectivity index (χ0n) is 14.1. The lowest BCUT2D eigenvalue weighted by atomic mass is 10.2. The first-order valence-corrected chi connectivity index (χ1v) is 10.4. The third kappa shape index (κ3) is 5.07. The second-order valence-electron chi connectivity index (χ2n) is 5.15. The maximum absolute atomic E-state index is 12.3. The lowest BCUT2D eigenvalue weighted by Crippen LogP contribution is -2.13. The van der Waals surface area contributed by atoms with Crippen molar-refractivity contribution in [1.29, 1.82) is 5.26 Å². The zero-order valence-corrected chi connectivity index (χ0v) is 17.3. The normalized spacial score (nSPS) is 11.2. The highest BCUT2D eigenvalue weighted by molar-refractivity contribution is 9.10. The van der Waals surface area contributed by atoms with Crippen molar-refractivity contribution in [2.24, 2.45) is 0 Å². The zero-order chi connectivity index (χ0) is 19.2. The van der Waals surface area contributed by atoms with Gasteiger partial charge in [-0.25, -0.2) is 0 Å². The Morgan fingerprint density at radius 3 is 2.85 bits per heavy atom. The second-order valence-corrected chi connectivity index (χ2v) is 8.05. The van der Waals surface area contributed by atoms with Gasteiger partial charge in [0.05, 0.1) is 0 Å². The van der Waals surface area contributed by atoms with Gasteiger partial charge in [0, 0.05) is 27.6 Å². The standard InChI is InChI=1S/C18H13BrN4O2S2/c1-2-26-18-22-17(27-23-18)21-16(24)12(10-20)9-14-7-8-15(25-14)11-3-5-13(19)6-4-11/h3-9H,2H2,1H3,(H,21,22,23,24)/b12-9-. The fourth-order valence-electron chi connectivity index (χ4n) is 2.10. The van der Waals surface area contributed by atoms with E-state index in [1.807, 2.05) is 37.3 Å². The van der Waals surface area contributed by atoms with Crippen LogP contribution in [0.25, 0.3) is 17.4 Å². The Kier molecular flexibility index (Phi) is 6.45. The first-order chi connectivity index (χ1) is 13.1. The highest BCUT2D eigenvalue weighted by Crippen LogP contribution is 2.25. The summed E-state index contributed by atoms with van der Waals surface area (Å²) in [7, 11) is 0. The quantitative estimate of drug-likeness (QED) is 0.308. The molecule has 1 N–H and O–H groups in total. The van der Waals surface area contributed by atoms with Gasteiger partial charge >= 0.3 is 0 Å². The number of rotatable bonds is 6. The number of hydrogen-bond acceptors (Lipinski definition) is 7. The predicted molar refractivity (Wildman–Crippen MR) is 110 cm³/mol. The maximum Gasteiger partial charge on any atom is 0.268 e. The van der Waals surface area contributed by atoms with E-state index in [4.69, 9.17) is 4.42 Å². The Hall–Kier alpha value is -2.41. The van der Waals surface area contributed by atoms with Gasteiger partial charge in [0.25, 0.3) is 5.91 Å². The molecule has 0 aliphatic heterocycles. The molecule has 0 aliphatic carbocycles. The number of nitrogens with one attached hydrogen (secondary N) is 1. The van der Waals surface area contributed by atoms with Crippen LogP contribution in [-0.4, -0.2) is 21.0 Å². The summed E-state index contributed by atoms with van der Waals surface area (Å²) >= 11 is 5.95. The molecule has 0 saturated heterocycles. The molecular weight excluding hydrogens is 448 g/mol. The average molecular weight is 461 g/mol. The molecule has 2 heterocycles. The summed E-state index contributed by atoms with van der Waals surface area (Å²) in [5.74, 6) is 1.35. The highest BCUT2D eigenvalue weighted by Gasteiger charge is 2.14. The van der Waals surface area contributed by atoms with Crippen LogP contribution in [-0.2, 0) is 4.79 Å². The van der Waals surface area contributed by atoms with E-state index < -0.39 is 5.91 Å². The van der Waals surface area contributed by atoms with Gasteiger partial charge in [-0.05, 0) is 30.0 Å². The SMILES string of the molecule is CCSc1nsc(NC(=O)/C(C#N)=C\c2ccc(-c3ccc(Br)cc3)o2)n1. The minimum atomic E-state index is -0.553. The molecule has 0 saturated carbocycles. The van der Waals surface area contributed by atoms with Gasteiger partial charge in [-0.1, -0.05) is 46.7 Å². The average Bonchev–Trinajstić information content (AvgIpc) is 3.30. The molecule has 1 amide bonds. The number of benzene rings is 1.